The van der Waals surface area contributed by atoms with Crippen molar-refractivity contribution in [1.29, 1.82) is 0 Å². The molecule has 1 atom stereocenters. The number of rotatable bonds is 4. The highest BCUT2D eigenvalue weighted by atomic mass is 79.9. The fourth-order valence-electron chi connectivity index (χ4n) is 2.79. The number of benzene rings is 1. The third-order valence-corrected chi connectivity index (χ3v) is 4.85. The fraction of sp³-hybridized carbons (Fsp3) is 0.647. The predicted molar refractivity (Wildman–Crippen MR) is 95.0 cm³/mol. The molecule has 21 heavy (non-hydrogen) atoms. The molecule has 1 saturated heterocycles. The summed E-state index contributed by atoms with van der Waals surface area (Å²) in [6, 6.07) is 6.81. The van der Waals surface area contributed by atoms with Crippen LogP contribution in [0.5, 0.6) is 0 Å². The van der Waals surface area contributed by atoms with E-state index in [1.807, 2.05) is 6.07 Å². The summed E-state index contributed by atoms with van der Waals surface area (Å²) in [6.07, 6.45) is 3.90. The minimum atomic E-state index is 0.179. The van der Waals surface area contributed by atoms with Gasteiger partial charge in [0, 0.05) is 34.2 Å². The van der Waals surface area contributed by atoms with Crippen molar-refractivity contribution >= 4 is 27.5 Å². The van der Waals surface area contributed by atoms with Crippen LogP contribution in [0.3, 0.4) is 0 Å². The largest absolute Gasteiger partial charge is 0.311 e. The molecule has 1 unspecified atom stereocenters. The normalized spacial score (nSPS) is 20.7. The lowest BCUT2D eigenvalue weighted by Gasteiger charge is -2.37. The summed E-state index contributed by atoms with van der Waals surface area (Å²) in [6.45, 7) is 9.85. The van der Waals surface area contributed by atoms with Gasteiger partial charge in [0.2, 0.25) is 0 Å². The van der Waals surface area contributed by atoms with Crippen molar-refractivity contribution in [2.75, 3.05) is 13.1 Å². The Labute approximate surface area is 142 Å². The highest BCUT2D eigenvalue weighted by Crippen LogP contribution is 2.26. The summed E-state index contributed by atoms with van der Waals surface area (Å²) in [4.78, 5) is 2.58. The Hall–Kier alpha value is -0.0900. The van der Waals surface area contributed by atoms with Gasteiger partial charge < -0.3 is 5.32 Å². The number of halogens is 2. The van der Waals surface area contributed by atoms with Gasteiger partial charge in [-0.05, 0) is 57.9 Å². The molecule has 0 amide bonds. The first-order valence-corrected chi connectivity index (χ1v) is 8.95. The summed E-state index contributed by atoms with van der Waals surface area (Å²) in [5.41, 5.74) is 1.40. The summed E-state index contributed by atoms with van der Waals surface area (Å²) in [5.74, 6) is 0. The number of likely N-dealkylation sites (tertiary alicyclic amines) is 1. The molecule has 1 heterocycles. The summed E-state index contributed by atoms with van der Waals surface area (Å²) < 4.78 is 1.04. The van der Waals surface area contributed by atoms with E-state index in [0.29, 0.717) is 6.04 Å². The molecule has 0 aliphatic carbocycles. The third-order valence-electron chi connectivity index (χ3n) is 4.01. The van der Waals surface area contributed by atoms with Gasteiger partial charge in [0.1, 0.15) is 0 Å². The number of hydrogen-bond donors (Lipinski definition) is 1. The van der Waals surface area contributed by atoms with E-state index in [2.05, 4.69) is 59.1 Å². The summed E-state index contributed by atoms with van der Waals surface area (Å²) >= 11 is 9.85. The van der Waals surface area contributed by atoms with Crippen LogP contribution >= 0.6 is 27.5 Å². The molecule has 0 saturated carbocycles. The second-order valence-electron chi connectivity index (χ2n) is 6.99. The first-order chi connectivity index (χ1) is 9.85. The zero-order valence-electron chi connectivity index (χ0n) is 13.3. The fourth-order valence-corrected chi connectivity index (χ4v) is 3.53. The zero-order chi connectivity index (χ0) is 15.5. The van der Waals surface area contributed by atoms with E-state index in [1.165, 1.54) is 31.4 Å². The van der Waals surface area contributed by atoms with Crippen molar-refractivity contribution < 1.29 is 0 Å². The second-order valence-corrected chi connectivity index (χ2v) is 8.31. The van der Waals surface area contributed by atoms with Crippen LogP contribution in [0.2, 0.25) is 5.02 Å². The van der Waals surface area contributed by atoms with Crippen molar-refractivity contribution in [3.8, 4) is 0 Å². The molecule has 0 aromatic heterocycles. The molecule has 2 nitrogen and oxygen atoms in total. The van der Waals surface area contributed by atoms with Gasteiger partial charge in [-0.15, -0.1) is 0 Å². The highest BCUT2D eigenvalue weighted by molar-refractivity contribution is 9.10. The molecule has 2 rings (SSSR count). The standard InChI is InChI=1S/C17H26BrClN2/c1-17(2,3)20-11-15-6-4-5-9-21(15)12-13-7-8-14(18)10-16(13)19/h7-8,10,15,20H,4-6,9,11-12H2,1-3H3. The predicted octanol–water partition coefficient (Wildman–Crippen LogP) is 4.85. The van der Waals surface area contributed by atoms with Crippen LogP contribution in [0.15, 0.2) is 22.7 Å². The van der Waals surface area contributed by atoms with Crippen LogP contribution in [0.1, 0.15) is 45.6 Å². The number of piperidine rings is 1. The van der Waals surface area contributed by atoms with Gasteiger partial charge in [0.05, 0.1) is 0 Å². The molecule has 1 N–H and O–H groups in total. The van der Waals surface area contributed by atoms with Gasteiger partial charge in [0.15, 0.2) is 0 Å². The zero-order valence-corrected chi connectivity index (χ0v) is 15.6. The number of nitrogens with one attached hydrogen (secondary N) is 1. The molecule has 0 bridgehead atoms. The van der Waals surface area contributed by atoms with Gasteiger partial charge in [-0.2, -0.15) is 0 Å². The Kier molecular flexibility index (Phi) is 6.13. The Balaban J connectivity index is 2.01. The van der Waals surface area contributed by atoms with Crippen LogP contribution in [0.4, 0.5) is 0 Å². The minimum Gasteiger partial charge on any atom is -0.311 e. The first kappa shape index (κ1) is 17.3. The Bertz CT molecular complexity index is 470. The molecular formula is C17H26BrClN2. The molecule has 1 aliphatic heterocycles. The van der Waals surface area contributed by atoms with Crippen molar-refractivity contribution in [2.24, 2.45) is 0 Å². The molecule has 0 radical (unpaired) electrons. The molecule has 4 heteroatoms. The number of hydrogen-bond acceptors (Lipinski definition) is 2. The van der Waals surface area contributed by atoms with E-state index in [9.17, 15) is 0 Å². The molecule has 1 fully saturated rings. The van der Waals surface area contributed by atoms with E-state index in [1.54, 1.807) is 0 Å². The Morgan fingerprint density at radius 2 is 2.10 bits per heavy atom. The van der Waals surface area contributed by atoms with Crippen molar-refractivity contribution in [2.45, 2.75) is 58.2 Å². The minimum absolute atomic E-state index is 0.179. The molecule has 0 spiro atoms. The number of nitrogens with zero attached hydrogens (tertiary/aromatic N) is 1. The maximum atomic E-state index is 6.37. The quantitative estimate of drug-likeness (QED) is 0.812. The van der Waals surface area contributed by atoms with Gasteiger partial charge in [-0.3, -0.25) is 4.90 Å². The van der Waals surface area contributed by atoms with E-state index in [4.69, 9.17) is 11.6 Å². The first-order valence-electron chi connectivity index (χ1n) is 7.78. The average molecular weight is 374 g/mol. The lowest BCUT2D eigenvalue weighted by molar-refractivity contribution is 0.131. The van der Waals surface area contributed by atoms with E-state index in [0.717, 1.165) is 22.6 Å². The lowest BCUT2D eigenvalue weighted by Crippen LogP contribution is -2.49. The lowest BCUT2D eigenvalue weighted by atomic mass is 9.99. The van der Waals surface area contributed by atoms with Gasteiger partial charge in [-0.25, -0.2) is 0 Å². The highest BCUT2D eigenvalue weighted by Gasteiger charge is 2.24. The van der Waals surface area contributed by atoms with Gasteiger partial charge in [-0.1, -0.05) is 40.0 Å². The monoisotopic (exact) mass is 372 g/mol. The van der Waals surface area contributed by atoms with Crippen LogP contribution in [0.25, 0.3) is 0 Å². The molecule has 1 aromatic carbocycles. The van der Waals surface area contributed by atoms with E-state index >= 15 is 0 Å². The summed E-state index contributed by atoms with van der Waals surface area (Å²) in [7, 11) is 0. The molecular weight excluding hydrogens is 348 g/mol. The second kappa shape index (κ2) is 7.45. The maximum absolute atomic E-state index is 6.37. The molecule has 1 aromatic rings. The van der Waals surface area contributed by atoms with E-state index < -0.39 is 0 Å². The topological polar surface area (TPSA) is 15.3 Å². The smallest absolute Gasteiger partial charge is 0.0462 e. The molecule has 118 valence electrons. The van der Waals surface area contributed by atoms with Gasteiger partial charge >= 0.3 is 0 Å². The van der Waals surface area contributed by atoms with Gasteiger partial charge in [0.25, 0.3) is 0 Å². The molecule has 1 aliphatic rings. The van der Waals surface area contributed by atoms with Crippen LogP contribution in [-0.2, 0) is 6.54 Å². The Morgan fingerprint density at radius 1 is 1.33 bits per heavy atom. The van der Waals surface area contributed by atoms with Crippen LogP contribution in [-0.4, -0.2) is 29.6 Å². The third kappa shape index (κ3) is 5.55. The van der Waals surface area contributed by atoms with Crippen molar-refractivity contribution in [3.63, 3.8) is 0 Å². The van der Waals surface area contributed by atoms with E-state index in [-0.39, 0.29) is 5.54 Å². The SMILES string of the molecule is CC(C)(C)NCC1CCCCN1Cc1ccc(Br)cc1Cl. The van der Waals surface area contributed by atoms with Crippen LogP contribution < -0.4 is 5.32 Å². The van der Waals surface area contributed by atoms with Crippen molar-refractivity contribution in [1.82, 2.24) is 10.2 Å². The van der Waals surface area contributed by atoms with Crippen LogP contribution in [0, 0.1) is 0 Å². The summed E-state index contributed by atoms with van der Waals surface area (Å²) in [5, 5.41) is 4.51. The van der Waals surface area contributed by atoms with Crippen molar-refractivity contribution in [3.05, 3.63) is 33.3 Å². The average Bonchev–Trinajstić information content (AvgIpc) is 2.40. The maximum Gasteiger partial charge on any atom is 0.0462 e. The Morgan fingerprint density at radius 3 is 2.76 bits per heavy atom.